The van der Waals surface area contributed by atoms with Crippen molar-refractivity contribution in [3.63, 3.8) is 0 Å². The van der Waals surface area contributed by atoms with Crippen molar-refractivity contribution in [1.29, 1.82) is 0 Å². The summed E-state index contributed by atoms with van der Waals surface area (Å²) in [6.07, 6.45) is 3.16. The molecule has 0 saturated carbocycles. The van der Waals surface area contributed by atoms with E-state index < -0.39 is 5.41 Å². The number of fused-ring (bicyclic) bond motifs is 16. The van der Waals surface area contributed by atoms with E-state index in [1.54, 1.807) is 0 Å². The highest BCUT2D eigenvalue weighted by atomic mass is 16.2. The number of carbonyl (C=O) groups is 1. The number of hydrogen-bond acceptors (Lipinski definition) is 5. The number of anilines is 4. The van der Waals surface area contributed by atoms with E-state index in [2.05, 4.69) is 135 Å². The van der Waals surface area contributed by atoms with E-state index in [0.29, 0.717) is 11.3 Å². The van der Waals surface area contributed by atoms with Gasteiger partial charge in [-0.25, -0.2) is 10.9 Å². The summed E-state index contributed by atoms with van der Waals surface area (Å²) in [5.74, 6) is 6.59. The molecule has 6 nitrogen and oxygen atoms in total. The first-order chi connectivity index (χ1) is 26.2. The molecule has 0 atom stereocenters. The lowest BCUT2D eigenvalue weighted by atomic mass is 9.70. The molecule has 2 bridgehead atoms. The topological polar surface area (TPSA) is 78.8 Å². The molecule has 1 spiro atoms. The number of hydrazine groups is 1. The van der Waals surface area contributed by atoms with Gasteiger partial charge in [0.15, 0.2) is 0 Å². The molecule has 2 heterocycles. The number of amides is 1. The molecule has 6 heteroatoms. The number of benzene rings is 6. The minimum atomic E-state index is -0.575. The Hall–Kier alpha value is -6.11. The molecule has 4 N–H and O–H groups in total. The number of hydrogen-bond donors (Lipinski definition) is 2. The molecule has 0 unspecified atom stereocenters. The first kappa shape index (κ1) is 33.7. The van der Waals surface area contributed by atoms with Crippen LogP contribution in [-0.4, -0.2) is 12.6 Å². The largest absolute Gasteiger partial charge is 0.399 e. The second-order valence-electron chi connectivity index (χ2n) is 15.0. The van der Waals surface area contributed by atoms with Gasteiger partial charge in [0.1, 0.15) is 0 Å². The van der Waals surface area contributed by atoms with Crippen LogP contribution in [-0.2, 0) is 18.5 Å². The highest BCUT2D eigenvalue weighted by Gasteiger charge is 2.52. The van der Waals surface area contributed by atoms with Gasteiger partial charge < -0.3 is 15.5 Å². The zero-order chi connectivity index (χ0) is 37.5. The van der Waals surface area contributed by atoms with Gasteiger partial charge in [-0.15, -0.1) is 0 Å². The molecule has 2 aliphatic carbocycles. The molecule has 0 aromatic heterocycles. The number of nitrogen functional groups attached to an aromatic ring is 1. The third kappa shape index (κ3) is 4.59. The van der Waals surface area contributed by atoms with E-state index in [-0.39, 0.29) is 5.91 Å². The van der Waals surface area contributed by atoms with Crippen LogP contribution in [0.5, 0.6) is 0 Å². The summed E-state index contributed by atoms with van der Waals surface area (Å²) < 4.78 is 0. The Morgan fingerprint density at radius 2 is 1.26 bits per heavy atom. The Labute approximate surface area is 317 Å². The van der Waals surface area contributed by atoms with Crippen LogP contribution in [0, 0.1) is 13.8 Å². The molecule has 268 valence electrons. The zero-order valence-electron chi connectivity index (χ0n) is 31.4. The van der Waals surface area contributed by atoms with E-state index in [4.69, 9.17) is 11.6 Å². The van der Waals surface area contributed by atoms with Crippen molar-refractivity contribution < 1.29 is 4.79 Å². The van der Waals surface area contributed by atoms with Crippen LogP contribution in [0.25, 0.3) is 28.3 Å². The monoisotopic (exact) mass is 707 g/mol. The molecule has 6 aromatic carbocycles. The van der Waals surface area contributed by atoms with Gasteiger partial charge in [-0.3, -0.25) is 4.79 Å². The maximum atomic E-state index is 14.5. The number of rotatable bonds is 3. The molecule has 1 amide bonds. The fourth-order valence-electron chi connectivity index (χ4n) is 9.42. The van der Waals surface area contributed by atoms with Crippen LogP contribution in [0.1, 0.15) is 80.7 Å². The Bertz CT molecular complexity index is 2500. The summed E-state index contributed by atoms with van der Waals surface area (Å²) in [6.45, 7) is 14.9. The summed E-state index contributed by atoms with van der Waals surface area (Å²) in [5, 5.41) is 1.34. The molecule has 0 fully saturated rings. The second-order valence-corrected chi connectivity index (χ2v) is 15.0. The fourth-order valence-corrected chi connectivity index (χ4v) is 9.42. The Balaban J connectivity index is 0.00000124. The lowest BCUT2D eigenvalue weighted by molar-refractivity contribution is 0.0986. The first-order valence-electron chi connectivity index (χ1n) is 18.9. The average molecular weight is 708 g/mol. The molecule has 2 aliphatic heterocycles. The van der Waals surface area contributed by atoms with Crippen LogP contribution in [0.2, 0.25) is 0 Å². The molecule has 0 saturated heterocycles. The van der Waals surface area contributed by atoms with Gasteiger partial charge in [-0.05, 0) is 129 Å². The van der Waals surface area contributed by atoms with Crippen LogP contribution >= 0.6 is 0 Å². The maximum absolute atomic E-state index is 14.5. The Morgan fingerprint density at radius 1 is 0.722 bits per heavy atom. The number of carbonyl (C=O) groups excluding carboxylic acids is 1. The van der Waals surface area contributed by atoms with Gasteiger partial charge >= 0.3 is 0 Å². The predicted octanol–water partition coefficient (Wildman–Crippen LogP) is 10.1. The summed E-state index contributed by atoms with van der Waals surface area (Å²) >= 11 is 0. The van der Waals surface area contributed by atoms with Crippen molar-refractivity contribution in [1.82, 2.24) is 0 Å². The smallest absolute Gasteiger partial charge is 0.272 e. The summed E-state index contributed by atoms with van der Waals surface area (Å²) in [5.41, 5.74) is 25.4. The first-order valence-corrected chi connectivity index (χ1v) is 18.9. The molecular weight excluding hydrogens is 663 g/mol. The lowest BCUT2D eigenvalue weighted by Gasteiger charge is -2.46. The van der Waals surface area contributed by atoms with Crippen molar-refractivity contribution in [2.24, 2.45) is 5.84 Å². The van der Waals surface area contributed by atoms with Gasteiger partial charge in [-0.1, -0.05) is 99.7 Å². The molecule has 0 radical (unpaired) electrons. The normalized spacial score (nSPS) is 14.5. The minimum absolute atomic E-state index is 0.244. The second kappa shape index (κ2) is 12.5. The Kier molecular flexibility index (Phi) is 7.80. The van der Waals surface area contributed by atoms with Gasteiger partial charge in [0, 0.05) is 35.7 Å². The summed E-state index contributed by atoms with van der Waals surface area (Å²) in [6, 6.07) is 38.3. The number of nitrogens with two attached hydrogens (primary N) is 2. The maximum Gasteiger partial charge on any atom is 0.272 e. The zero-order valence-corrected chi connectivity index (χ0v) is 31.4. The molecule has 6 aromatic rings. The van der Waals surface area contributed by atoms with Crippen LogP contribution in [0.15, 0.2) is 116 Å². The molecule has 4 aliphatic rings. The van der Waals surface area contributed by atoms with E-state index in [1.807, 2.05) is 24.3 Å². The fraction of sp³-hybridized carbons (Fsp3) is 0.188. The van der Waals surface area contributed by atoms with E-state index >= 15 is 0 Å². The summed E-state index contributed by atoms with van der Waals surface area (Å²) in [7, 11) is 0. The minimum Gasteiger partial charge on any atom is -0.399 e. The van der Waals surface area contributed by atoms with Crippen LogP contribution in [0.4, 0.5) is 22.7 Å². The quantitative estimate of drug-likeness (QED) is 0.0827. The van der Waals surface area contributed by atoms with Gasteiger partial charge in [-0.2, -0.15) is 0 Å². The van der Waals surface area contributed by atoms with Crippen LogP contribution < -0.4 is 26.4 Å². The molecule has 10 rings (SSSR count). The van der Waals surface area contributed by atoms with Crippen LogP contribution in [0.3, 0.4) is 0 Å². The third-order valence-electron chi connectivity index (χ3n) is 12.0. The molecule has 54 heavy (non-hydrogen) atoms. The number of nitrogens with zero attached hydrogens (tertiary/aromatic N) is 3. The Morgan fingerprint density at radius 3 is 1.89 bits per heavy atom. The SMILES string of the molecule is C=Cc1ccc2c(c1)C1(c3ccccc3-c3ccccc31)c1cc(C(=O)N(N)c3ccc4c(c3C)CN3CN4Cc4c3ccc(N)c4C)ccc1-2.CCC. The highest BCUT2D eigenvalue weighted by molar-refractivity contribution is 6.07. The van der Waals surface area contributed by atoms with E-state index in [1.165, 1.54) is 67.3 Å². The van der Waals surface area contributed by atoms with Crippen molar-refractivity contribution >= 4 is 34.7 Å². The molecular formula is C48H45N5O. The van der Waals surface area contributed by atoms with Gasteiger partial charge in [0.25, 0.3) is 5.91 Å². The highest BCUT2D eigenvalue weighted by Crippen LogP contribution is 2.63. The van der Waals surface area contributed by atoms with Crippen molar-refractivity contribution in [2.75, 3.05) is 27.2 Å². The third-order valence-corrected chi connectivity index (χ3v) is 12.0. The van der Waals surface area contributed by atoms with Crippen molar-refractivity contribution in [3.05, 3.63) is 171 Å². The van der Waals surface area contributed by atoms with Crippen molar-refractivity contribution in [3.8, 4) is 22.3 Å². The average Bonchev–Trinajstić information content (AvgIpc) is 3.66. The van der Waals surface area contributed by atoms with E-state index in [9.17, 15) is 4.79 Å². The predicted molar refractivity (Wildman–Crippen MR) is 224 cm³/mol. The lowest BCUT2D eigenvalue weighted by Crippen LogP contribution is -2.47. The van der Waals surface area contributed by atoms with Gasteiger partial charge in [0.05, 0.1) is 17.8 Å². The van der Waals surface area contributed by atoms with E-state index in [0.717, 1.165) is 53.3 Å². The van der Waals surface area contributed by atoms with Gasteiger partial charge in [0.2, 0.25) is 0 Å². The standard InChI is InChI=1S/C45H37N5O.C3H8/c1-4-28-13-15-32-33-16-14-29(22-39(33)45(38(32)21-28)36-11-7-5-9-30(36)31-10-6-8-12-37(31)45)44(51)50(47)41-19-20-43-35(27(41)3)24-49-25-48(43)23-34-26(2)40(46)17-18-42(34)49;1-3-2/h4-22H,1,23-25,46-47H2,2-3H3;3H2,1-2H3. The van der Waals surface area contributed by atoms with Crippen molar-refractivity contribution in [2.45, 2.75) is 52.6 Å². The summed E-state index contributed by atoms with van der Waals surface area (Å²) in [4.78, 5) is 19.3.